The van der Waals surface area contributed by atoms with Crippen LogP contribution < -0.4 is 4.90 Å². The highest BCUT2D eigenvalue weighted by Crippen LogP contribution is 2.41. The molecule has 0 spiro atoms. The maximum Gasteiger partial charge on any atom is 0.0651 e. The molecule has 0 aliphatic carbocycles. The van der Waals surface area contributed by atoms with Crippen LogP contribution in [-0.2, 0) is 0 Å². The molecule has 0 aliphatic rings. The summed E-state index contributed by atoms with van der Waals surface area (Å²) >= 11 is 0. The third-order valence-corrected chi connectivity index (χ3v) is 8.87. The molecular formula is C44H29N. The smallest absolute Gasteiger partial charge is 0.0651 e. The topological polar surface area (TPSA) is 3.24 Å². The van der Waals surface area contributed by atoms with Crippen molar-refractivity contribution in [1.82, 2.24) is 0 Å². The summed E-state index contributed by atoms with van der Waals surface area (Å²) in [6.07, 6.45) is 0. The summed E-state index contributed by atoms with van der Waals surface area (Å²) in [6, 6.07) is 50.9. The van der Waals surface area contributed by atoms with Gasteiger partial charge in [0.05, 0.1) is 5.48 Å². The van der Waals surface area contributed by atoms with E-state index < -0.39 is 0 Å². The van der Waals surface area contributed by atoms with Crippen LogP contribution in [0.15, 0.2) is 176 Å². The summed E-state index contributed by atoms with van der Waals surface area (Å²) in [6.45, 7) is 0. The van der Waals surface area contributed by atoms with Gasteiger partial charge in [-0.15, -0.1) is 0 Å². The van der Waals surface area contributed by atoms with E-state index in [0.717, 1.165) is 65.2 Å². The molecule has 9 rings (SSSR count). The molecule has 0 radical (unpaired) electrons. The van der Waals surface area contributed by atoms with Crippen LogP contribution in [0.2, 0.25) is 0 Å². The summed E-state index contributed by atoms with van der Waals surface area (Å²) in [5.41, 5.74) is 2.86. The van der Waals surface area contributed by atoms with Gasteiger partial charge in [-0.05, 0) is 101 Å². The Hall–Kier alpha value is -5.92. The minimum Gasteiger partial charge on any atom is -0.310 e. The lowest BCUT2D eigenvalue weighted by Gasteiger charge is -2.27. The Bertz CT molecular complexity index is 2660. The molecule has 0 heterocycles. The fourth-order valence-electron chi connectivity index (χ4n) is 6.71. The Morgan fingerprint density at radius 1 is 0.378 bits per heavy atom. The van der Waals surface area contributed by atoms with E-state index in [9.17, 15) is 2.74 Å². The van der Waals surface area contributed by atoms with Gasteiger partial charge in [-0.3, -0.25) is 0 Å². The Labute approximate surface area is 267 Å². The molecule has 0 N–H and O–H groups in total. The van der Waals surface area contributed by atoms with Crippen LogP contribution in [0.3, 0.4) is 0 Å². The Kier molecular flexibility index (Phi) is 5.00. The molecule has 210 valence electrons. The Morgan fingerprint density at radius 3 is 1.49 bits per heavy atom. The predicted octanol–water partition coefficient (Wildman–Crippen LogP) is 12.6. The highest BCUT2D eigenvalue weighted by molar-refractivity contribution is 6.10. The highest BCUT2D eigenvalue weighted by atomic mass is 15.1. The fraction of sp³-hybridized carbons (Fsp3) is 0. The molecule has 0 amide bonds. The number of benzene rings is 9. The van der Waals surface area contributed by atoms with Gasteiger partial charge in [-0.2, -0.15) is 0 Å². The van der Waals surface area contributed by atoms with Crippen LogP contribution in [0.1, 0.15) is 5.48 Å². The second-order valence-electron chi connectivity index (χ2n) is 11.5. The largest absolute Gasteiger partial charge is 0.310 e. The van der Waals surface area contributed by atoms with E-state index in [1.54, 1.807) is 0 Å². The van der Waals surface area contributed by atoms with Crippen molar-refractivity contribution in [2.45, 2.75) is 0 Å². The number of hydrogen-bond acceptors (Lipinski definition) is 1. The molecule has 0 bridgehead atoms. The van der Waals surface area contributed by atoms with Gasteiger partial charge in [0.25, 0.3) is 0 Å². The van der Waals surface area contributed by atoms with Crippen molar-refractivity contribution in [3.05, 3.63) is 176 Å². The van der Waals surface area contributed by atoms with Crippen molar-refractivity contribution in [3.8, 4) is 11.1 Å². The van der Waals surface area contributed by atoms with Gasteiger partial charge in [-0.25, -0.2) is 0 Å². The lowest BCUT2D eigenvalue weighted by molar-refractivity contribution is 1.30. The normalized spacial score (nSPS) is 12.8. The molecule has 0 aromatic heterocycles. The lowest BCUT2D eigenvalue weighted by Crippen LogP contribution is -2.10. The molecule has 0 fully saturated rings. The maximum atomic E-state index is 9.74. The average Bonchev–Trinajstić information content (AvgIpc) is 3.15. The summed E-state index contributed by atoms with van der Waals surface area (Å²) in [5, 5.41) is 10.8. The molecule has 9 aromatic rings. The molecule has 1 nitrogen and oxygen atoms in total. The number of nitrogens with zero attached hydrogens (tertiary/aromatic N) is 1. The molecule has 1 heteroatoms. The van der Waals surface area contributed by atoms with Crippen molar-refractivity contribution in [2.75, 3.05) is 4.90 Å². The number of rotatable bonds is 4. The van der Waals surface area contributed by atoms with E-state index >= 15 is 0 Å². The number of anilines is 3. The second-order valence-corrected chi connectivity index (χ2v) is 11.5. The summed E-state index contributed by atoms with van der Waals surface area (Å²) in [7, 11) is 0. The van der Waals surface area contributed by atoms with Gasteiger partial charge in [0.2, 0.25) is 0 Å². The number of hydrogen-bond donors (Lipinski definition) is 0. The molecule has 0 aliphatic heterocycles. The molecule has 0 unspecified atom stereocenters. The zero-order chi connectivity index (χ0) is 33.2. The second kappa shape index (κ2) is 10.4. The summed E-state index contributed by atoms with van der Waals surface area (Å²) in [4.78, 5) is 1.93. The van der Waals surface area contributed by atoms with E-state index in [0.29, 0.717) is 11.1 Å². The van der Waals surface area contributed by atoms with Crippen LogP contribution in [0.5, 0.6) is 0 Å². The van der Waals surface area contributed by atoms with Crippen molar-refractivity contribution in [3.63, 3.8) is 0 Å². The molecule has 0 atom stereocenters. The number of fused-ring (bicyclic) bond motifs is 7. The van der Waals surface area contributed by atoms with Gasteiger partial charge in [0, 0.05) is 17.1 Å². The summed E-state index contributed by atoms with van der Waals surface area (Å²) in [5.74, 6) is 0. The monoisotopic (exact) mass is 575 g/mol. The minimum absolute atomic E-state index is 0.0413. The van der Waals surface area contributed by atoms with Gasteiger partial charge in [0.1, 0.15) is 0 Å². The molecular weight excluding hydrogens is 542 g/mol. The van der Waals surface area contributed by atoms with Gasteiger partial charge in [-0.1, -0.05) is 139 Å². The van der Waals surface area contributed by atoms with Crippen LogP contribution in [0, 0.1) is 0 Å². The maximum absolute atomic E-state index is 9.74. The van der Waals surface area contributed by atoms with E-state index in [1.165, 1.54) is 0 Å². The predicted molar refractivity (Wildman–Crippen MR) is 194 cm³/mol. The Balaban J connectivity index is 1.34. The quantitative estimate of drug-likeness (QED) is 0.189. The van der Waals surface area contributed by atoms with Crippen LogP contribution in [0.25, 0.3) is 65.0 Å². The first-order valence-electron chi connectivity index (χ1n) is 17.2. The first-order chi connectivity index (χ1) is 24.0. The first-order valence-corrected chi connectivity index (χ1v) is 15.2. The van der Waals surface area contributed by atoms with E-state index in [4.69, 9.17) is 2.74 Å². The van der Waals surface area contributed by atoms with Crippen LogP contribution in [-0.4, -0.2) is 0 Å². The van der Waals surface area contributed by atoms with Crippen molar-refractivity contribution >= 4 is 70.9 Å². The van der Waals surface area contributed by atoms with Crippen molar-refractivity contribution < 1.29 is 5.48 Å². The standard InChI is InChI=1S/C44H29N/c1-4-15-39-30(9-1)12-8-18-42(39)33-13-7-14-36(27-33)45(37-23-25-43-34(28-37)21-19-31-10-2-5-16-40(31)43)38-24-26-44-35(29-38)22-20-32-11-3-6-17-41(32)44/h1-29H/i7D,13D,14D,27D. The Morgan fingerprint density at radius 2 is 0.867 bits per heavy atom. The van der Waals surface area contributed by atoms with Crippen LogP contribution in [0.4, 0.5) is 17.1 Å². The fourth-order valence-corrected chi connectivity index (χ4v) is 6.71. The lowest BCUT2D eigenvalue weighted by atomic mass is 9.97. The third-order valence-electron chi connectivity index (χ3n) is 8.87. The first kappa shape index (κ1) is 21.7. The zero-order valence-corrected chi connectivity index (χ0v) is 24.4. The van der Waals surface area contributed by atoms with Crippen molar-refractivity contribution in [2.24, 2.45) is 0 Å². The average molecular weight is 576 g/mol. The zero-order valence-electron chi connectivity index (χ0n) is 28.4. The third kappa shape index (κ3) is 4.32. The van der Waals surface area contributed by atoms with E-state index in [-0.39, 0.29) is 29.9 Å². The van der Waals surface area contributed by atoms with Gasteiger partial charge >= 0.3 is 0 Å². The summed E-state index contributed by atoms with van der Waals surface area (Å²) < 4.78 is 37.2. The van der Waals surface area contributed by atoms with E-state index in [2.05, 4.69) is 72.8 Å². The highest BCUT2D eigenvalue weighted by Gasteiger charge is 2.16. The molecule has 0 saturated carbocycles. The SMILES string of the molecule is [2H]c1c([2H])c(-c2cccc3ccccc23)c([2H])c(N(c2ccc3c(ccc4ccccc43)c2)c2ccc3c(ccc4ccccc43)c2)c1[2H]. The minimum atomic E-state index is -0.211. The van der Waals surface area contributed by atoms with Gasteiger partial charge in [0.15, 0.2) is 0 Å². The molecule has 9 aromatic carbocycles. The molecule has 45 heavy (non-hydrogen) atoms. The van der Waals surface area contributed by atoms with E-state index in [1.807, 2.05) is 83.8 Å². The molecule has 0 saturated heterocycles. The van der Waals surface area contributed by atoms with Gasteiger partial charge < -0.3 is 4.90 Å². The van der Waals surface area contributed by atoms with Crippen molar-refractivity contribution in [1.29, 1.82) is 0 Å². The van der Waals surface area contributed by atoms with Crippen LogP contribution >= 0.6 is 0 Å².